The van der Waals surface area contributed by atoms with E-state index in [0.29, 0.717) is 24.5 Å². The Bertz CT molecular complexity index is 450. The summed E-state index contributed by atoms with van der Waals surface area (Å²) in [6, 6.07) is 1.52. The molecule has 0 bridgehead atoms. The van der Waals surface area contributed by atoms with E-state index in [1.54, 1.807) is 12.4 Å². The number of hydrogen-bond donors (Lipinski definition) is 1. The number of rotatable bonds is 3. The first-order chi connectivity index (χ1) is 9.13. The number of nitrogens with zero attached hydrogens (tertiary/aromatic N) is 3. The van der Waals surface area contributed by atoms with Gasteiger partial charge in [0.15, 0.2) is 0 Å². The second kappa shape index (κ2) is 7.67. The predicted molar refractivity (Wildman–Crippen MR) is 83.6 cm³/mol. The molecule has 1 amide bonds. The molecule has 0 aromatic carbocycles. The molecule has 2 rings (SSSR count). The van der Waals surface area contributed by atoms with Gasteiger partial charge in [0.25, 0.3) is 0 Å². The number of aromatic nitrogens is 1. The third kappa shape index (κ3) is 3.75. The van der Waals surface area contributed by atoms with Gasteiger partial charge in [-0.3, -0.25) is 9.78 Å². The van der Waals surface area contributed by atoms with Crippen molar-refractivity contribution < 1.29 is 4.79 Å². The Morgan fingerprint density at radius 1 is 1.45 bits per heavy atom. The number of pyridine rings is 1. The maximum atomic E-state index is 12.0. The molecule has 20 heavy (non-hydrogen) atoms. The second-order valence-corrected chi connectivity index (χ2v) is 5.06. The van der Waals surface area contributed by atoms with Gasteiger partial charge in [-0.15, -0.1) is 12.4 Å². The van der Waals surface area contributed by atoms with Gasteiger partial charge >= 0.3 is 0 Å². The minimum absolute atomic E-state index is 0. The smallest absolute Gasteiger partial charge is 0.239 e. The highest BCUT2D eigenvalue weighted by Gasteiger charge is 2.25. The molecule has 0 saturated carbocycles. The summed E-state index contributed by atoms with van der Waals surface area (Å²) in [4.78, 5) is 20.0. The molecule has 5 nitrogen and oxygen atoms in total. The van der Waals surface area contributed by atoms with E-state index in [2.05, 4.69) is 9.88 Å². The van der Waals surface area contributed by atoms with E-state index in [9.17, 15) is 4.79 Å². The van der Waals surface area contributed by atoms with Crippen molar-refractivity contribution in [1.29, 1.82) is 0 Å². The van der Waals surface area contributed by atoms with Gasteiger partial charge in [0.1, 0.15) is 0 Å². The summed E-state index contributed by atoms with van der Waals surface area (Å²) in [6.45, 7) is 4.84. The zero-order chi connectivity index (χ0) is 13.8. The highest BCUT2D eigenvalue weighted by molar-refractivity contribution is 6.33. The van der Waals surface area contributed by atoms with Crippen molar-refractivity contribution >= 4 is 35.6 Å². The monoisotopic (exact) mass is 318 g/mol. The van der Waals surface area contributed by atoms with E-state index in [1.807, 2.05) is 17.9 Å². The molecule has 7 heteroatoms. The lowest BCUT2D eigenvalue weighted by Crippen LogP contribution is -2.53. The van der Waals surface area contributed by atoms with Crippen LogP contribution in [-0.2, 0) is 4.79 Å². The van der Waals surface area contributed by atoms with Crippen LogP contribution < -0.4 is 10.6 Å². The molecule has 1 unspecified atom stereocenters. The van der Waals surface area contributed by atoms with E-state index >= 15 is 0 Å². The van der Waals surface area contributed by atoms with E-state index in [-0.39, 0.29) is 24.4 Å². The molecule has 2 N–H and O–H groups in total. The Morgan fingerprint density at radius 2 is 2.10 bits per heavy atom. The Balaban J connectivity index is 0.00000200. The van der Waals surface area contributed by atoms with Gasteiger partial charge in [0.05, 0.1) is 16.8 Å². The summed E-state index contributed by atoms with van der Waals surface area (Å²) in [5.41, 5.74) is 6.76. The van der Waals surface area contributed by atoms with Gasteiger partial charge in [0.2, 0.25) is 5.91 Å². The van der Waals surface area contributed by atoms with Crippen molar-refractivity contribution in [1.82, 2.24) is 9.88 Å². The number of anilines is 1. The second-order valence-electron chi connectivity index (χ2n) is 4.65. The molecule has 1 aliphatic rings. The summed E-state index contributed by atoms with van der Waals surface area (Å²) in [7, 11) is 0. The average molecular weight is 319 g/mol. The van der Waals surface area contributed by atoms with Crippen LogP contribution in [0.25, 0.3) is 0 Å². The Morgan fingerprint density at radius 3 is 2.65 bits per heavy atom. The zero-order valence-corrected chi connectivity index (χ0v) is 13.0. The molecule has 0 aliphatic carbocycles. The Labute approximate surface area is 130 Å². The number of amides is 1. The van der Waals surface area contributed by atoms with Crippen molar-refractivity contribution in [2.24, 2.45) is 5.73 Å². The minimum Gasteiger partial charge on any atom is -0.367 e. The molecule has 0 spiro atoms. The molecule has 1 atom stereocenters. The number of hydrogen-bond acceptors (Lipinski definition) is 4. The summed E-state index contributed by atoms with van der Waals surface area (Å²) < 4.78 is 0. The third-order valence-electron chi connectivity index (χ3n) is 3.44. The predicted octanol–water partition coefficient (Wildman–Crippen LogP) is 1.54. The molecule has 2 heterocycles. The summed E-state index contributed by atoms with van der Waals surface area (Å²) in [6.07, 6.45) is 4.04. The minimum atomic E-state index is -0.379. The SMILES string of the molecule is CCC(N)C(=O)N1CCN(c2ccncc2Cl)CC1.Cl. The summed E-state index contributed by atoms with van der Waals surface area (Å²) in [5, 5.41) is 0.646. The summed E-state index contributed by atoms with van der Waals surface area (Å²) in [5.74, 6) is 0.0444. The van der Waals surface area contributed by atoms with Crippen molar-refractivity contribution in [3.8, 4) is 0 Å². The average Bonchev–Trinajstić information content (AvgIpc) is 2.46. The number of halogens is 2. The first-order valence-corrected chi connectivity index (χ1v) is 6.90. The van der Waals surface area contributed by atoms with Crippen LogP contribution in [0.1, 0.15) is 13.3 Å². The van der Waals surface area contributed by atoms with E-state index < -0.39 is 0 Å². The van der Waals surface area contributed by atoms with Gasteiger partial charge in [0, 0.05) is 38.6 Å². The van der Waals surface area contributed by atoms with Crippen LogP contribution in [0, 0.1) is 0 Å². The first-order valence-electron chi connectivity index (χ1n) is 6.52. The fourth-order valence-electron chi connectivity index (χ4n) is 2.20. The normalized spacial score (nSPS) is 16.6. The van der Waals surface area contributed by atoms with Crippen molar-refractivity contribution in [3.63, 3.8) is 0 Å². The number of carbonyl (C=O) groups excluding carboxylic acids is 1. The number of piperazine rings is 1. The number of nitrogens with two attached hydrogens (primary N) is 1. The Kier molecular flexibility index (Phi) is 6.52. The van der Waals surface area contributed by atoms with Gasteiger partial charge in [-0.1, -0.05) is 18.5 Å². The molecule has 1 aliphatic heterocycles. The van der Waals surface area contributed by atoms with Crippen molar-refractivity contribution in [2.45, 2.75) is 19.4 Å². The van der Waals surface area contributed by atoms with E-state index in [4.69, 9.17) is 17.3 Å². The highest BCUT2D eigenvalue weighted by atomic mass is 35.5. The lowest BCUT2D eigenvalue weighted by atomic mass is 10.2. The third-order valence-corrected chi connectivity index (χ3v) is 3.73. The van der Waals surface area contributed by atoms with Crippen LogP contribution >= 0.6 is 24.0 Å². The fourth-order valence-corrected chi connectivity index (χ4v) is 2.44. The zero-order valence-electron chi connectivity index (χ0n) is 11.5. The quantitative estimate of drug-likeness (QED) is 0.918. The molecule has 0 radical (unpaired) electrons. The van der Waals surface area contributed by atoms with Crippen LogP contribution in [0.4, 0.5) is 5.69 Å². The van der Waals surface area contributed by atoms with E-state index in [0.717, 1.165) is 18.8 Å². The van der Waals surface area contributed by atoms with Gasteiger partial charge in [-0.2, -0.15) is 0 Å². The van der Waals surface area contributed by atoms with Crippen molar-refractivity contribution in [3.05, 3.63) is 23.5 Å². The van der Waals surface area contributed by atoms with Crippen LogP contribution in [0.5, 0.6) is 0 Å². The molecule has 112 valence electrons. The van der Waals surface area contributed by atoms with Gasteiger partial charge in [-0.05, 0) is 12.5 Å². The van der Waals surface area contributed by atoms with Crippen LogP contribution in [0.2, 0.25) is 5.02 Å². The topological polar surface area (TPSA) is 62.5 Å². The molecular weight excluding hydrogens is 299 g/mol. The maximum Gasteiger partial charge on any atom is 0.239 e. The fraction of sp³-hybridized carbons (Fsp3) is 0.538. The van der Waals surface area contributed by atoms with E-state index in [1.165, 1.54) is 0 Å². The number of carbonyl (C=O) groups is 1. The Hall–Kier alpha value is -1.04. The van der Waals surface area contributed by atoms with Crippen LogP contribution in [-0.4, -0.2) is 48.0 Å². The molecule has 1 aromatic heterocycles. The van der Waals surface area contributed by atoms with Gasteiger partial charge < -0.3 is 15.5 Å². The van der Waals surface area contributed by atoms with Crippen LogP contribution in [0.15, 0.2) is 18.5 Å². The molecular formula is C13H20Cl2N4O. The highest BCUT2D eigenvalue weighted by Crippen LogP contribution is 2.25. The molecule has 1 saturated heterocycles. The summed E-state index contributed by atoms with van der Waals surface area (Å²) >= 11 is 6.12. The first kappa shape index (κ1) is 17.0. The largest absolute Gasteiger partial charge is 0.367 e. The molecule has 1 aromatic rings. The van der Waals surface area contributed by atoms with Crippen LogP contribution in [0.3, 0.4) is 0 Å². The lowest BCUT2D eigenvalue weighted by Gasteiger charge is -2.37. The lowest BCUT2D eigenvalue weighted by molar-refractivity contribution is -0.132. The van der Waals surface area contributed by atoms with Gasteiger partial charge in [-0.25, -0.2) is 0 Å². The maximum absolute atomic E-state index is 12.0. The molecule has 1 fully saturated rings. The standard InChI is InChI=1S/C13H19ClN4O.ClH/c1-2-11(15)13(19)18-7-5-17(6-8-18)12-3-4-16-9-10(12)14;/h3-4,9,11H,2,5-8,15H2,1H3;1H. The van der Waals surface area contributed by atoms with Crippen molar-refractivity contribution in [2.75, 3.05) is 31.1 Å².